The van der Waals surface area contributed by atoms with E-state index in [4.69, 9.17) is 23.2 Å². The summed E-state index contributed by atoms with van der Waals surface area (Å²) in [6.07, 6.45) is 8.36. The zero-order valence-electron chi connectivity index (χ0n) is 12.0. The average molecular weight is 336 g/mol. The molecule has 4 nitrogen and oxygen atoms in total. The molecule has 0 atom stereocenters. The number of carbonyl (C=O) groups is 1. The summed E-state index contributed by atoms with van der Waals surface area (Å²) in [5.74, 6) is 0.364. The maximum absolute atomic E-state index is 11.8. The second kappa shape index (κ2) is 7.82. The number of rotatable bonds is 5. The summed E-state index contributed by atoms with van der Waals surface area (Å²) in [7, 11) is 0. The van der Waals surface area contributed by atoms with E-state index in [9.17, 15) is 4.79 Å². The predicted molar refractivity (Wildman–Crippen MR) is 90.4 cm³/mol. The van der Waals surface area contributed by atoms with E-state index in [-0.39, 0.29) is 5.91 Å². The lowest BCUT2D eigenvalue weighted by Gasteiger charge is -2.10. The summed E-state index contributed by atoms with van der Waals surface area (Å²) in [6.45, 7) is 2.30. The van der Waals surface area contributed by atoms with E-state index in [0.717, 1.165) is 5.56 Å². The molecule has 0 spiro atoms. The Morgan fingerprint density at radius 1 is 1.32 bits per heavy atom. The average Bonchev–Trinajstić information content (AvgIpc) is 2.91. The number of hydrogen-bond donors (Lipinski definition) is 1. The van der Waals surface area contributed by atoms with E-state index in [0.29, 0.717) is 22.4 Å². The zero-order valence-corrected chi connectivity index (χ0v) is 13.5. The molecule has 0 fully saturated rings. The van der Waals surface area contributed by atoms with Crippen LogP contribution in [-0.4, -0.2) is 15.7 Å². The molecule has 1 heterocycles. The van der Waals surface area contributed by atoms with E-state index in [1.54, 1.807) is 35.2 Å². The van der Waals surface area contributed by atoms with Crippen molar-refractivity contribution in [2.45, 2.75) is 13.5 Å². The smallest absolute Gasteiger partial charge is 0.249 e. The van der Waals surface area contributed by atoms with Crippen LogP contribution >= 0.6 is 23.2 Å². The Balaban J connectivity index is 2.13. The van der Waals surface area contributed by atoms with E-state index < -0.39 is 0 Å². The molecular formula is C16H15Cl2N3O. The molecule has 0 saturated heterocycles. The molecular weight excluding hydrogens is 321 g/mol. The van der Waals surface area contributed by atoms with Crippen LogP contribution in [0.3, 0.4) is 0 Å². The van der Waals surface area contributed by atoms with Crippen molar-refractivity contribution in [3.8, 4) is 0 Å². The molecule has 0 bridgehead atoms. The summed E-state index contributed by atoms with van der Waals surface area (Å²) >= 11 is 12.2. The molecule has 1 aromatic heterocycles. The number of nitrogens with one attached hydrogen (secondary N) is 1. The van der Waals surface area contributed by atoms with Crippen molar-refractivity contribution in [2.75, 3.05) is 5.32 Å². The minimum atomic E-state index is -0.225. The second-order valence-corrected chi connectivity index (χ2v) is 5.25. The van der Waals surface area contributed by atoms with Crippen LogP contribution in [0.5, 0.6) is 0 Å². The largest absolute Gasteiger partial charge is 0.307 e. The lowest BCUT2D eigenvalue weighted by atomic mass is 10.2. The van der Waals surface area contributed by atoms with Crippen molar-refractivity contribution in [3.63, 3.8) is 0 Å². The van der Waals surface area contributed by atoms with Gasteiger partial charge in [0.25, 0.3) is 0 Å². The van der Waals surface area contributed by atoms with Gasteiger partial charge in [0.15, 0.2) is 0 Å². The molecule has 0 unspecified atom stereocenters. The fraction of sp³-hybridized carbons (Fsp3) is 0.125. The molecule has 0 saturated carbocycles. The second-order valence-electron chi connectivity index (χ2n) is 4.46. The first kappa shape index (κ1) is 16.3. The molecule has 0 aliphatic heterocycles. The Kier molecular flexibility index (Phi) is 5.81. The molecule has 22 heavy (non-hydrogen) atoms. The Labute approximate surface area is 139 Å². The first-order valence-corrected chi connectivity index (χ1v) is 7.42. The summed E-state index contributed by atoms with van der Waals surface area (Å²) in [5.41, 5.74) is 0.831. The molecule has 0 aliphatic carbocycles. The van der Waals surface area contributed by atoms with Gasteiger partial charge >= 0.3 is 0 Å². The Hall–Kier alpha value is -2.04. The van der Waals surface area contributed by atoms with Gasteiger partial charge < -0.3 is 5.32 Å². The number of benzene rings is 1. The van der Waals surface area contributed by atoms with Crippen LogP contribution in [0.4, 0.5) is 5.82 Å². The number of nitrogens with zero attached hydrogens (tertiary/aromatic N) is 2. The third-order valence-electron chi connectivity index (χ3n) is 2.87. The van der Waals surface area contributed by atoms with Crippen molar-refractivity contribution in [1.29, 1.82) is 0 Å². The number of hydrogen-bond acceptors (Lipinski definition) is 2. The van der Waals surface area contributed by atoms with Gasteiger partial charge in [-0.05, 0) is 18.6 Å². The van der Waals surface area contributed by atoms with E-state index in [1.807, 2.05) is 25.1 Å². The minimum Gasteiger partial charge on any atom is -0.307 e. The number of allylic oxidation sites excluding steroid dienone is 3. The highest BCUT2D eigenvalue weighted by atomic mass is 35.5. The Bertz CT molecular complexity index is 720. The molecule has 2 rings (SSSR count). The first-order valence-electron chi connectivity index (χ1n) is 6.67. The Morgan fingerprint density at radius 3 is 2.91 bits per heavy atom. The Morgan fingerprint density at radius 2 is 2.14 bits per heavy atom. The van der Waals surface area contributed by atoms with Crippen LogP contribution in [0.15, 0.2) is 54.8 Å². The van der Waals surface area contributed by atoms with Gasteiger partial charge in [-0.3, -0.25) is 4.79 Å². The topological polar surface area (TPSA) is 46.9 Å². The highest BCUT2D eigenvalue weighted by molar-refractivity contribution is 6.42. The van der Waals surface area contributed by atoms with Crippen LogP contribution in [0.1, 0.15) is 12.5 Å². The standard InChI is InChI=1S/C16H15Cl2N3O/c1-2-3-4-8-15(22)20-14-9-10-19-21(14)11-12-6-5-7-13(17)16(12)18/h2-10H,11H2,1H3,(H,20,22). The van der Waals surface area contributed by atoms with Crippen LogP contribution in [0, 0.1) is 0 Å². The number of aromatic nitrogens is 2. The van der Waals surface area contributed by atoms with Gasteiger partial charge in [-0.1, -0.05) is 53.6 Å². The third-order valence-corrected chi connectivity index (χ3v) is 3.73. The third kappa shape index (κ3) is 4.23. The summed E-state index contributed by atoms with van der Waals surface area (Å²) in [5, 5.41) is 7.94. The van der Waals surface area contributed by atoms with Crippen LogP contribution in [0.25, 0.3) is 0 Å². The predicted octanol–water partition coefficient (Wildman–Crippen LogP) is 4.31. The molecule has 1 aromatic carbocycles. The van der Waals surface area contributed by atoms with Gasteiger partial charge in [0.1, 0.15) is 5.82 Å². The summed E-state index contributed by atoms with van der Waals surface area (Å²) < 4.78 is 1.65. The fourth-order valence-corrected chi connectivity index (χ4v) is 2.20. The van der Waals surface area contributed by atoms with Crippen molar-refractivity contribution < 1.29 is 4.79 Å². The van der Waals surface area contributed by atoms with Gasteiger partial charge in [-0.2, -0.15) is 5.10 Å². The normalized spacial score (nSPS) is 11.4. The van der Waals surface area contributed by atoms with Gasteiger partial charge in [0.05, 0.1) is 22.8 Å². The molecule has 114 valence electrons. The molecule has 0 aliphatic rings. The van der Waals surface area contributed by atoms with Crippen LogP contribution in [0.2, 0.25) is 10.0 Å². The first-order chi connectivity index (χ1) is 10.6. The summed E-state index contributed by atoms with van der Waals surface area (Å²) in [4.78, 5) is 11.8. The summed E-state index contributed by atoms with van der Waals surface area (Å²) in [6, 6.07) is 7.14. The van der Waals surface area contributed by atoms with Gasteiger partial charge in [-0.15, -0.1) is 0 Å². The maximum atomic E-state index is 11.8. The fourth-order valence-electron chi connectivity index (χ4n) is 1.82. The SMILES string of the molecule is CC=CC=CC(=O)Nc1ccnn1Cc1cccc(Cl)c1Cl. The number of amides is 1. The quantitative estimate of drug-likeness (QED) is 0.653. The monoisotopic (exact) mass is 335 g/mol. The van der Waals surface area contributed by atoms with E-state index >= 15 is 0 Å². The van der Waals surface area contributed by atoms with Gasteiger partial charge in [0.2, 0.25) is 5.91 Å². The number of carbonyl (C=O) groups excluding carboxylic acids is 1. The number of anilines is 1. The van der Waals surface area contributed by atoms with E-state index in [2.05, 4.69) is 10.4 Å². The van der Waals surface area contributed by atoms with Gasteiger partial charge in [0, 0.05) is 12.1 Å². The van der Waals surface area contributed by atoms with Crippen molar-refractivity contribution in [3.05, 3.63) is 70.4 Å². The van der Waals surface area contributed by atoms with Crippen LogP contribution < -0.4 is 5.32 Å². The molecule has 1 amide bonds. The highest BCUT2D eigenvalue weighted by Crippen LogP contribution is 2.26. The maximum Gasteiger partial charge on any atom is 0.249 e. The van der Waals surface area contributed by atoms with Crippen molar-refractivity contribution in [2.24, 2.45) is 0 Å². The van der Waals surface area contributed by atoms with Crippen LogP contribution in [-0.2, 0) is 11.3 Å². The molecule has 0 radical (unpaired) electrons. The number of halogens is 2. The molecule has 2 aromatic rings. The van der Waals surface area contributed by atoms with Crippen molar-refractivity contribution in [1.82, 2.24) is 9.78 Å². The molecule has 6 heteroatoms. The lowest BCUT2D eigenvalue weighted by Crippen LogP contribution is -2.14. The highest BCUT2D eigenvalue weighted by Gasteiger charge is 2.09. The van der Waals surface area contributed by atoms with E-state index in [1.165, 1.54) is 6.08 Å². The minimum absolute atomic E-state index is 0.225. The molecule has 1 N–H and O–H groups in total. The van der Waals surface area contributed by atoms with Crippen molar-refractivity contribution >= 4 is 34.9 Å². The lowest BCUT2D eigenvalue weighted by molar-refractivity contribution is -0.111. The van der Waals surface area contributed by atoms with Gasteiger partial charge in [-0.25, -0.2) is 4.68 Å². The zero-order chi connectivity index (χ0) is 15.9.